The largest absolute Gasteiger partial charge is 0.460 e. The van der Waals surface area contributed by atoms with Crippen LogP contribution < -0.4 is 10.7 Å². The molecule has 2 aromatic heterocycles. The van der Waals surface area contributed by atoms with E-state index in [1.807, 2.05) is 19.9 Å². The van der Waals surface area contributed by atoms with Crippen LogP contribution in [-0.2, 0) is 4.74 Å². The summed E-state index contributed by atoms with van der Waals surface area (Å²) in [6.45, 7) is 10.8. The summed E-state index contributed by atoms with van der Waals surface area (Å²) in [5.41, 5.74) is 1.98. The molecular weight excluding hydrogens is 514 g/mol. The molecule has 0 bridgehead atoms. The molecule has 0 amide bonds. The number of aryl methyl sites for hydroxylation is 1. The Morgan fingerprint density at radius 3 is 2.50 bits per heavy atom. The van der Waals surface area contributed by atoms with Crippen LogP contribution in [0, 0.1) is 13.8 Å². The number of ether oxygens (including phenoxy) is 1. The van der Waals surface area contributed by atoms with Crippen molar-refractivity contribution in [2.45, 2.75) is 90.7 Å². The SMILES string of the molecule is Cc1cc(C(C)Nc2ccc(Cl)nc2C(=O)OC(C)(C)C)c2oc(C3CCC(F)(F)CC3)c(C)c(=O)c2c1. The van der Waals surface area contributed by atoms with E-state index in [2.05, 4.69) is 10.3 Å². The van der Waals surface area contributed by atoms with Gasteiger partial charge in [-0.15, -0.1) is 0 Å². The van der Waals surface area contributed by atoms with E-state index in [1.165, 1.54) is 0 Å². The number of hydrogen-bond acceptors (Lipinski definition) is 6. The van der Waals surface area contributed by atoms with E-state index in [0.717, 1.165) is 5.56 Å². The van der Waals surface area contributed by atoms with Crippen LogP contribution in [0.5, 0.6) is 0 Å². The summed E-state index contributed by atoms with van der Waals surface area (Å²) in [5, 5.41) is 3.88. The van der Waals surface area contributed by atoms with Gasteiger partial charge in [-0.2, -0.15) is 0 Å². The second-order valence-electron chi connectivity index (χ2n) is 11.2. The van der Waals surface area contributed by atoms with Crippen molar-refractivity contribution in [2.24, 2.45) is 0 Å². The van der Waals surface area contributed by atoms with Crippen LogP contribution in [-0.4, -0.2) is 22.5 Å². The average molecular weight is 547 g/mol. The minimum absolute atomic E-state index is 0.0392. The molecule has 1 fully saturated rings. The standard InChI is InChI=1S/C29H33ClF2N2O4/c1-15-13-19(17(3)33-21-7-8-22(30)34-23(21)27(36)38-28(4,5)6)26-20(14-15)24(35)16(2)25(37-26)18-9-11-29(31,32)12-10-18/h7-8,13-14,17-18,33H,9-12H2,1-6H3. The molecule has 38 heavy (non-hydrogen) atoms. The van der Waals surface area contributed by atoms with Crippen molar-refractivity contribution < 1.29 is 22.7 Å². The van der Waals surface area contributed by atoms with Gasteiger partial charge < -0.3 is 14.5 Å². The van der Waals surface area contributed by atoms with E-state index < -0.39 is 23.5 Å². The second kappa shape index (κ2) is 10.3. The van der Waals surface area contributed by atoms with Crippen LogP contribution in [0.1, 0.15) is 98.3 Å². The fourth-order valence-corrected chi connectivity index (χ4v) is 5.09. The Hall–Kier alpha value is -3.00. The Kier molecular flexibility index (Phi) is 7.58. The van der Waals surface area contributed by atoms with Crippen molar-refractivity contribution in [3.63, 3.8) is 0 Å². The number of rotatable bonds is 5. The molecule has 4 rings (SSSR count). The van der Waals surface area contributed by atoms with Gasteiger partial charge in [-0.1, -0.05) is 17.7 Å². The number of aromatic nitrogens is 1. The van der Waals surface area contributed by atoms with Gasteiger partial charge in [0.2, 0.25) is 5.92 Å². The average Bonchev–Trinajstić information content (AvgIpc) is 2.81. The third-order valence-electron chi connectivity index (χ3n) is 6.81. The van der Waals surface area contributed by atoms with Crippen LogP contribution in [0.25, 0.3) is 11.0 Å². The zero-order valence-electron chi connectivity index (χ0n) is 22.5. The number of halogens is 3. The quantitative estimate of drug-likeness (QED) is 0.259. The predicted octanol–water partition coefficient (Wildman–Crippen LogP) is 7.88. The molecule has 1 atom stereocenters. The lowest BCUT2D eigenvalue weighted by Crippen LogP contribution is -2.25. The summed E-state index contributed by atoms with van der Waals surface area (Å²) in [6.07, 6.45) is 0.0586. The first kappa shape index (κ1) is 28.0. The zero-order chi connectivity index (χ0) is 28.0. The lowest BCUT2D eigenvalue weighted by molar-refractivity contribution is -0.0396. The van der Waals surface area contributed by atoms with Gasteiger partial charge in [0.1, 0.15) is 22.1 Å². The van der Waals surface area contributed by atoms with E-state index in [1.54, 1.807) is 45.9 Å². The van der Waals surface area contributed by atoms with Gasteiger partial charge in [0.15, 0.2) is 11.1 Å². The normalized spacial score (nSPS) is 16.9. The van der Waals surface area contributed by atoms with Crippen molar-refractivity contribution in [1.29, 1.82) is 0 Å². The number of benzene rings is 1. The predicted molar refractivity (Wildman–Crippen MR) is 145 cm³/mol. The number of fused-ring (bicyclic) bond motifs is 1. The molecule has 1 N–H and O–H groups in total. The summed E-state index contributed by atoms with van der Waals surface area (Å²) in [4.78, 5) is 30.5. The van der Waals surface area contributed by atoms with E-state index in [9.17, 15) is 18.4 Å². The highest BCUT2D eigenvalue weighted by atomic mass is 35.5. The highest BCUT2D eigenvalue weighted by Crippen LogP contribution is 2.42. The Bertz CT molecular complexity index is 1440. The van der Waals surface area contributed by atoms with Crippen LogP contribution in [0.15, 0.2) is 33.5 Å². The van der Waals surface area contributed by atoms with Crippen LogP contribution >= 0.6 is 11.6 Å². The van der Waals surface area contributed by atoms with Crippen LogP contribution in [0.3, 0.4) is 0 Å². The number of nitrogens with zero attached hydrogens (tertiary/aromatic N) is 1. The first-order valence-corrected chi connectivity index (χ1v) is 13.1. The number of pyridine rings is 1. The van der Waals surface area contributed by atoms with Crippen molar-refractivity contribution in [3.8, 4) is 0 Å². The zero-order valence-corrected chi connectivity index (χ0v) is 23.3. The fraction of sp³-hybridized carbons (Fsp3) is 0.483. The molecule has 0 spiro atoms. The molecule has 0 aliphatic heterocycles. The van der Waals surface area contributed by atoms with Gasteiger partial charge in [-0.25, -0.2) is 18.6 Å². The lowest BCUT2D eigenvalue weighted by atomic mass is 9.83. The molecule has 1 unspecified atom stereocenters. The summed E-state index contributed by atoms with van der Waals surface area (Å²) < 4.78 is 39.5. The molecule has 3 aromatic rings. The molecule has 1 aliphatic carbocycles. The molecule has 204 valence electrons. The Balaban J connectivity index is 1.76. The number of hydrogen-bond donors (Lipinski definition) is 1. The number of anilines is 1. The summed E-state index contributed by atoms with van der Waals surface area (Å²) in [5.74, 6) is -3.08. The van der Waals surface area contributed by atoms with Gasteiger partial charge in [-0.05, 0) is 78.1 Å². The van der Waals surface area contributed by atoms with Gasteiger partial charge in [-0.3, -0.25) is 4.79 Å². The number of nitrogens with one attached hydrogen (secondary N) is 1. The highest BCUT2D eigenvalue weighted by Gasteiger charge is 2.37. The monoisotopic (exact) mass is 546 g/mol. The van der Waals surface area contributed by atoms with E-state index >= 15 is 0 Å². The van der Waals surface area contributed by atoms with Crippen LogP contribution in [0.4, 0.5) is 14.5 Å². The van der Waals surface area contributed by atoms with E-state index in [-0.39, 0.29) is 47.9 Å². The minimum atomic E-state index is -2.68. The number of alkyl halides is 2. The molecule has 1 aromatic carbocycles. The Morgan fingerprint density at radius 1 is 1.21 bits per heavy atom. The maximum atomic E-state index is 13.8. The molecular formula is C29H33ClF2N2O4. The number of esters is 1. The van der Waals surface area contributed by atoms with Crippen molar-refractivity contribution >= 4 is 34.2 Å². The Morgan fingerprint density at radius 2 is 1.87 bits per heavy atom. The van der Waals surface area contributed by atoms with E-state index in [4.69, 9.17) is 20.8 Å². The number of carbonyl (C=O) groups is 1. The smallest absolute Gasteiger partial charge is 0.359 e. The molecule has 0 saturated heterocycles. The number of carbonyl (C=O) groups excluding carboxylic acids is 1. The molecule has 2 heterocycles. The minimum Gasteiger partial charge on any atom is -0.460 e. The molecule has 1 saturated carbocycles. The maximum Gasteiger partial charge on any atom is 0.359 e. The second-order valence-corrected chi connectivity index (χ2v) is 11.6. The van der Waals surface area contributed by atoms with E-state index in [0.29, 0.717) is 33.5 Å². The summed E-state index contributed by atoms with van der Waals surface area (Å²) in [7, 11) is 0. The van der Waals surface area contributed by atoms with Gasteiger partial charge in [0.25, 0.3) is 0 Å². The lowest BCUT2D eigenvalue weighted by Gasteiger charge is -2.28. The third-order valence-corrected chi connectivity index (χ3v) is 7.02. The van der Waals surface area contributed by atoms with Crippen molar-refractivity contribution in [2.75, 3.05) is 5.32 Å². The summed E-state index contributed by atoms with van der Waals surface area (Å²) >= 11 is 6.08. The van der Waals surface area contributed by atoms with Crippen molar-refractivity contribution in [1.82, 2.24) is 4.98 Å². The third kappa shape index (κ3) is 6.01. The van der Waals surface area contributed by atoms with Crippen LogP contribution in [0.2, 0.25) is 5.15 Å². The molecule has 9 heteroatoms. The topological polar surface area (TPSA) is 81.4 Å². The first-order valence-electron chi connectivity index (χ1n) is 12.8. The van der Waals surface area contributed by atoms with Gasteiger partial charge in [0.05, 0.1) is 17.1 Å². The molecule has 1 aliphatic rings. The maximum absolute atomic E-state index is 13.8. The molecule has 0 radical (unpaired) electrons. The molecule has 6 nitrogen and oxygen atoms in total. The Labute approximate surface area is 225 Å². The highest BCUT2D eigenvalue weighted by molar-refractivity contribution is 6.29. The van der Waals surface area contributed by atoms with Crippen molar-refractivity contribution in [3.05, 3.63) is 67.8 Å². The van der Waals surface area contributed by atoms with Gasteiger partial charge >= 0.3 is 5.97 Å². The van der Waals surface area contributed by atoms with Gasteiger partial charge in [0, 0.05) is 29.9 Å². The summed E-state index contributed by atoms with van der Waals surface area (Å²) in [6, 6.07) is 6.49. The fourth-order valence-electron chi connectivity index (χ4n) is 4.94. The first-order chi connectivity index (χ1) is 17.6.